The number of hydrogen-bond acceptors (Lipinski definition) is 1. The van der Waals surface area contributed by atoms with Gasteiger partial charge in [-0.25, -0.2) is 4.39 Å². The van der Waals surface area contributed by atoms with Gasteiger partial charge in [-0.05, 0) is 31.0 Å². The number of rotatable bonds is 4. The molecule has 100 valence electrons. The minimum atomic E-state index is -0.321. The van der Waals surface area contributed by atoms with Gasteiger partial charge in [-0.3, -0.25) is 0 Å². The van der Waals surface area contributed by atoms with Gasteiger partial charge in [0, 0.05) is 0 Å². The Morgan fingerprint density at radius 1 is 1.16 bits per heavy atom. The van der Waals surface area contributed by atoms with Crippen molar-refractivity contribution in [3.63, 3.8) is 0 Å². The summed E-state index contributed by atoms with van der Waals surface area (Å²) in [6, 6.07) is 13.0. The van der Waals surface area contributed by atoms with Crippen LogP contribution in [0.25, 0.3) is 0 Å². The molecule has 0 aliphatic heterocycles. The molecule has 0 saturated carbocycles. The summed E-state index contributed by atoms with van der Waals surface area (Å²) < 4.78 is 13.8. The van der Waals surface area contributed by atoms with E-state index < -0.39 is 0 Å². The van der Waals surface area contributed by atoms with Crippen LogP contribution in [0.5, 0.6) is 0 Å². The van der Waals surface area contributed by atoms with E-state index in [-0.39, 0.29) is 11.9 Å². The molecule has 3 heteroatoms. The first-order valence-corrected chi connectivity index (χ1v) is 6.76. The highest BCUT2D eigenvalue weighted by molar-refractivity contribution is 6.33. The van der Waals surface area contributed by atoms with Crippen LogP contribution in [0.15, 0.2) is 42.5 Å². The van der Waals surface area contributed by atoms with Gasteiger partial charge in [0.25, 0.3) is 0 Å². The fraction of sp³-hybridized carbons (Fsp3) is 0.250. The molecule has 2 rings (SSSR count). The first-order valence-electron chi connectivity index (χ1n) is 6.39. The Bertz CT molecular complexity index is 531. The highest BCUT2D eigenvalue weighted by atomic mass is 35.5. The average molecular weight is 278 g/mol. The fourth-order valence-corrected chi connectivity index (χ4v) is 2.25. The molecule has 0 amide bonds. The zero-order valence-corrected chi connectivity index (χ0v) is 11.8. The van der Waals surface area contributed by atoms with Gasteiger partial charge in [0.05, 0.1) is 16.8 Å². The molecule has 0 fully saturated rings. The van der Waals surface area contributed by atoms with Crippen LogP contribution in [0, 0.1) is 12.7 Å². The van der Waals surface area contributed by atoms with Crippen molar-refractivity contribution in [1.82, 2.24) is 0 Å². The van der Waals surface area contributed by atoms with Crippen molar-refractivity contribution < 1.29 is 4.39 Å². The van der Waals surface area contributed by atoms with Crippen LogP contribution in [0.4, 0.5) is 10.1 Å². The van der Waals surface area contributed by atoms with E-state index in [1.807, 2.05) is 6.92 Å². The number of benzene rings is 2. The van der Waals surface area contributed by atoms with E-state index in [2.05, 4.69) is 36.5 Å². The monoisotopic (exact) mass is 277 g/mol. The van der Waals surface area contributed by atoms with Gasteiger partial charge in [0.1, 0.15) is 5.82 Å². The molecule has 1 unspecified atom stereocenters. The van der Waals surface area contributed by atoms with E-state index in [9.17, 15) is 4.39 Å². The molecule has 1 N–H and O–H groups in total. The Labute approximate surface area is 118 Å². The summed E-state index contributed by atoms with van der Waals surface area (Å²) in [6.07, 6.45) is 0.855. The Balaban J connectivity index is 2.26. The Kier molecular flexibility index (Phi) is 4.43. The number of para-hydroxylation sites is 1. The lowest BCUT2D eigenvalue weighted by molar-refractivity contribution is 0.624. The third kappa shape index (κ3) is 3.27. The van der Waals surface area contributed by atoms with Gasteiger partial charge in [-0.1, -0.05) is 54.4 Å². The van der Waals surface area contributed by atoms with Gasteiger partial charge in [0.15, 0.2) is 0 Å². The largest absolute Gasteiger partial charge is 0.375 e. The molecule has 0 spiro atoms. The lowest BCUT2D eigenvalue weighted by Gasteiger charge is -2.20. The van der Waals surface area contributed by atoms with Crippen LogP contribution in [0.2, 0.25) is 5.02 Å². The molecule has 2 aromatic rings. The molecule has 2 aromatic carbocycles. The van der Waals surface area contributed by atoms with Crippen molar-refractivity contribution in [2.45, 2.75) is 26.3 Å². The van der Waals surface area contributed by atoms with Gasteiger partial charge in [0.2, 0.25) is 0 Å². The molecule has 0 heterocycles. The lowest BCUT2D eigenvalue weighted by Crippen LogP contribution is -2.11. The lowest BCUT2D eigenvalue weighted by atomic mass is 10.0. The fourth-order valence-electron chi connectivity index (χ4n) is 2.03. The van der Waals surface area contributed by atoms with E-state index in [4.69, 9.17) is 11.6 Å². The number of nitrogens with one attached hydrogen (secondary N) is 1. The Morgan fingerprint density at radius 2 is 1.84 bits per heavy atom. The van der Waals surface area contributed by atoms with Crippen LogP contribution in [-0.2, 0) is 0 Å². The third-order valence-electron chi connectivity index (χ3n) is 3.17. The first-order chi connectivity index (χ1) is 9.11. The van der Waals surface area contributed by atoms with E-state index in [0.717, 1.165) is 12.0 Å². The predicted molar refractivity (Wildman–Crippen MR) is 79.2 cm³/mol. The van der Waals surface area contributed by atoms with E-state index in [1.54, 1.807) is 12.1 Å². The van der Waals surface area contributed by atoms with Gasteiger partial charge in [-0.2, -0.15) is 0 Å². The number of aryl methyl sites for hydroxylation is 1. The second-order valence-electron chi connectivity index (χ2n) is 4.61. The Hall–Kier alpha value is -1.54. The maximum absolute atomic E-state index is 13.8. The second kappa shape index (κ2) is 6.07. The second-order valence-corrected chi connectivity index (χ2v) is 5.02. The van der Waals surface area contributed by atoms with Crippen molar-refractivity contribution in [3.8, 4) is 0 Å². The van der Waals surface area contributed by atoms with Gasteiger partial charge in [-0.15, -0.1) is 0 Å². The van der Waals surface area contributed by atoms with E-state index in [1.165, 1.54) is 11.6 Å². The number of halogens is 2. The molecule has 1 nitrogen and oxygen atoms in total. The highest BCUT2D eigenvalue weighted by Gasteiger charge is 2.13. The van der Waals surface area contributed by atoms with Crippen LogP contribution in [-0.4, -0.2) is 0 Å². The molecular formula is C16H17ClFN. The van der Waals surface area contributed by atoms with Gasteiger partial charge < -0.3 is 5.32 Å². The summed E-state index contributed by atoms with van der Waals surface area (Å²) in [5.41, 5.74) is 2.71. The zero-order chi connectivity index (χ0) is 13.8. The first kappa shape index (κ1) is 13.9. The SMILES string of the molecule is CCC(Nc1c(F)cccc1Cl)c1ccc(C)cc1. The summed E-state index contributed by atoms with van der Waals surface area (Å²) in [6.45, 7) is 4.11. The van der Waals surface area contributed by atoms with Crippen molar-refractivity contribution >= 4 is 17.3 Å². The summed E-state index contributed by atoms with van der Waals surface area (Å²) in [4.78, 5) is 0. The molecule has 0 radical (unpaired) electrons. The molecular weight excluding hydrogens is 261 g/mol. The van der Waals surface area contributed by atoms with Crippen molar-refractivity contribution in [2.24, 2.45) is 0 Å². The standard InChI is InChI=1S/C16H17ClFN/c1-3-15(12-9-7-11(2)8-10-12)19-16-13(17)5-4-6-14(16)18/h4-10,15,19H,3H2,1-2H3. The highest BCUT2D eigenvalue weighted by Crippen LogP contribution is 2.30. The smallest absolute Gasteiger partial charge is 0.147 e. The van der Waals surface area contributed by atoms with Crippen LogP contribution >= 0.6 is 11.6 Å². The quantitative estimate of drug-likeness (QED) is 0.794. The topological polar surface area (TPSA) is 12.0 Å². The minimum Gasteiger partial charge on any atom is -0.375 e. The van der Waals surface area contributed by atoms with Crippen molar-refractivity contribution in [3.05, 3.63) is 64.4 Å². The molecule has 0 bridgehead atoms. The Morgan fingerprint density at radius 3 is 2.42 bits per heavy atom. The maximum atomic E-state index is 13.8. The number of hydrogen-bond donors (Lipinski definition) is 1. The van der Waals surface area contributed by atoms with Crippen molar-refractivity contribution in [1.29, 1.82) is 0 Å². The molecule has 1 atom stereocenters. The zero-order valence-electron chi connectivity index (χ0n) is 11.1. The normalized spacial score (nSPS) is 12.2. The van der Waals surface area contributed by atoms with Gasteiger partial charge >= 0.3 is 0 Å². The van der Waals surface area contributed by atoms with Crippen LogP contribution < -0.4 is 5.32 Å². The van der Waals surface area contributed by atoms with E-state index >= 15 is 0 Å². The summed E-state index contributed by atoms with van der Waals surface area (Å²) in [5, 5.41) is 3.60. The molecule has 0 aliphatic carbocycles. The van der Waals surface area contributed by atoms with Crippen LogP contribution in [0.3, 0.4) is 0 Å². The summed E-state index contributed by atoms with van der Waals surface area (Å²) >= 11 is 6.04. The molecule has 19 heavy (non-hydrogen) atoms. The van der Waals surface area contributed by atoms with Crippen molar-refractivity contribution in [2.75, 3.05) is 5.32 Å². The maximum Gasteiger partial charge on any atom is 0.147 e. The predicted octanol–water partition coefficient (Wildman–Crippen LogP) is 5.35. The number of anilines is 1. The molecule has 0 aliphatic rings. The summed E-state index contributed by atoms with van der Waals surface area (Å²) in [7, 11) is 0. The average Bonchev–Trinajstić information content (AvgIpc) is 2.40. The van der Waals surface area contributed by atoms with Crippen LogP contribution in [0.1, 0.15) is 30.5 Å². The summed E-state index contributed by atoms with van der Waals surface area (Å²) in [5.74, 6) is -0.321. The molecule has 0 aromatic heterocycles. The van der Waals surface area contributed by atoms with E-state index in [0.29, 0.717) is 10.7 Å². The molecule has 0 saturated heterocycles. The third-order valence-corrected chi connectivity index (χ3v) is 3.48. The minimum absolute atomic E-state index is 0.0509.